The van der Waals surface area contributed by atoms with Crippen LogP contribution >= 0.6 is 0 Å². The zero-order chi connectivity index (χ0) is 17.1. The quantitative estimate of drug-likeness (QED) is 0.451. The first-order valence-electron chi connectivity index (χ1n) is 7.21. The molecule has 0 saturated heterocycles. The van der Waals surface area contributed by atoms with Crippen LogP contribution in [0.3, 0.4) is 0 Å². The fourth-order valence-electron chi connectivity index (χ4n) is 2.39. The average molecular weight is 324 g/mol. The van der Waals surface area contributed by atoms with Crippen LogP contribution in [-0.2, 0) is 14.3 Å². The molecule has 0 aliphatic carbocycles. The lowest BCUT2D eigenvalue weighted by molar-refractivity contribution is -0.384. The molecule has 0 saturated carbocycles. The van der Waals surface area contributed by atoms with Crippen molar-refractivity contribution >= 4 is 17.3 Å². The monoisotopic (exact) mass is 324 g/mol. The number of nitro groups is 1. The second kappa shape index (κ2) is 6.93. The van der Waals surface area contributed by atoms with Crippen LogP contribution in [0.1, 0.15) is 13.8 Å². The summed E-state index contributed by atoms with van der Waals surface area (Å²) in [4.78, 5) is 24.6. The Morgan fingerprint density at radius 1 is 1.35 bits per heavy atom. The lowest BCUT2D eigenvalue weighted by Gasteiger charge is -2.36. The zero-order valence-corrected chi connectivity index (χ0v) is 13.5. The first-order chi connectivity index (χ1) is 10.9. The van der Waals surface area contributed by atoms with Crippen molar-refractivity contribution in [1.82, 2.24) is 0 Å². The van der Waals surface area contributed by atoms with Gasteiger partial charge in [0.05, 0.1) is 17.2 Å². The number of nitro benzene ring substituents is 1. The molecule has 1 aliphatic heterocycles. The van der Waals surface area contributed by atoms with E-state index in [0.29, 0.717) is 11.4 Å². The van der Waals surface area contributed by atoms with E-state index >= 15 is 0 Å². The first-order valence-corrected chi connectivity index (χ1v) is 7.21. The van der Waals surface area contributed by atoms with Gasteiger partial charge < -0.3 is 19.1 Å². The van der Waals surface area contributed by atoms with Gasteiger partial charge in [0.25, 0.3) is 11.6 Å². The number of benzene rings is 1. The van der Waals surface area contributed by atoms with Crippen LogP contribution in [0.4, 0.5) is 11.4 Å². The number of nitrogens with zero attached hydrogens (tertiary/aromatic N) is 2. The van der Waals surface area contributed by atoms with Crippen molar-refractivity contribution in [2.75, 3.05) is 25.7 Å². The van der Waals surface area contributed by atoms with Crippen molar-refractivity contribution in [3.63, 3.8) is 0 Å². The third kappa shape index (κ3) is 3.43. The number of methoxy groups -OCH3 is 2. The number of hydrogen-bond acceptors (Lipinski definition) is 6. The largest absolute Gasteiger partial charge is 0.478 e. The molecule has 23 heavy (non-hydrogen) atoms. The maximum Gasteiger partial charge on any atom is 0.271 e. The minimum atomic E-state index is -0.654. The number of rotatable bonds is 6. The molecule has 1 aliphatic rings. The molecule has 0 aromatic heterocycles. The highest BCUT2D eigenvalue weighted by molar-refractivity contribution is 6.00. The van der Waals surface area contributed by atoms with Gasteiger partial charge in [-0.15, -0.1) is 0 Å². The summed E-state index contributed by atoms with van der Waals surface area (Å²) in [6.07, 6.45) is -1.30. The second-order valence-corrected chi connectivity index (χ2v) is 5.54. The van der Waals surface area contributed by atoms with Crippen LogP contribution in [0.15, 0.2) is 18.2 Å². The van der Waals surface area contributed by atoms with Crippen molar-refractivity contribution in [3.05, 3.63) is 28.3 Å². The Balaban J connectivity index is 2.46. The third-order valence-corrected chi connectivity index (χ3v) is 3.67. The highest BCUT2D eigenvalue weighted by Gasteiger charge is 2.38. The molecule has 2 rings (SSSR count). The summed E-state index contributed by atoms with van der Waals surface area (Å²) < 4.78 is 16.0. The van der Waals surface area contributed by atoms with E-state index in [4.69, 9.17) is 14.2 Å². The Labute approximate surface area is 134 Å². The number of non-ortho nitro benzene ring substituents is 1. The fraction of sp³-hybridized carbons (Fsp3) is 0.533. The topological polar surface area (TPSA) is 91.1 Å². The molecule has 0 fully saturated rings. The van der Waals surface area contributed by atoms with Gasteiger partial charge in [-0.05, 0) is 12.0 Å². The van der Waals surface area contributed by atoms with Gasteiger partial charge in [-0.25, -0.2) is 0 Å². The summed E-state index contributed by atoms with van der Waals surface area (Å²) in [6.45, 7) is 3.87. The van der Waals surface area contributed by atoms with Gasteiger partial charge in [-0.1, -0.05) is 13.8 Å². The summed E-state index contributed by atoms with van der Waals surface area (Å²) >= 11 is 0. The van der Waals surface area contributed by atoms with Gasteiger partial charge in [0.1, 0.15) is 5.75 Å². The van der Waals surface area contributed by atoms with Crippen LogP contribution in [-0.4, -0.2) is 44.0 Å². The molecule has 1 atom stereocenters. The van der Waals surface area contributed by atoms with Gasteiger partial charge in [-0.3, -0.25) is 14.9 Å². The molecule has 1 amide bonds. The Kier molecular flexibility index (Phi) is 5.17. The number of ether oxygens (including phenoxy) is 3. The second-order valence-electron chi connectivity index (χ2n) is 5.54. The van der Waals surface area contributed by atoms with E-state index in [2.05, 4.69) is 0 Å². The van der Waals surface area contributed by atoms with E-state index in [-0.39, 0.29) is 24.1 Å². The zero-order valence-electron chi connectivity index (χ0n) is 13.5. The number of carbonyl (C=O) groups excluding carboxylic acids is 1. The van der Waals surface area contributed by atoms with Gasteiger partial charge in [0.15, 0.2) is 12.4 Å². The summed E-state index contributed by atoms with van der Waals surface area (Å²) in [7, 11) is 2.93. The Morgan fingerprint density at radius 2 is 2.00 bits per heavy atom. The molecule has 8 heteroatoms. The minimum Gasteiger partial charge on any atom is -0.478 e. The van der Waals surface area contributed by atoms with Gasteiger partial charge in [0.2, 0.25) is 0 Å². The third-order valence-electron chi connectivity index (χ3n) is 3.67. The lowest BCUT2D eigenvalue weighted by Crippen LogP contribution is -2.51. The molecule has 126 valence electrons. The van der Waals surface area contributed by atoms with E-state index in [1.807, 2.05) is 13.8 Å². The fourth-order valence-corrected chi connectivity index (χ4v) is 2.39. The van der Waals surface area contributed by atoms with E-state index < -0.39 is 17.3 Å². The van der Waals surface area contributed by atoms with Crippen molar-refractivity contribution in [2.45, 2.75) is 26.2 Å². The standard InChI is InChI=1S/C15H20N2O6/c1-9(2)14-15(18)16(8-13(21-3)22-4)11-7-10(17(19)20)5-6-12(11)23-14/h5-7,9,13-14H,8H2,1-4H3. The molecule has 8 nitrogen and oxygen atoms in total. The van der Waals surface area contributed by atoms with Gasteiger partial charge in [0, 0.05) is 26.4 Å². The molecule has 1 heterocycles. The molecule has 1 aromatic carbocycles. The predicted molar refractivity (Wildman–Crippen MR) is 82.5 cm³/mol. The van der Waals surface area contributed by atoms with Crippen molar-refractivity contribution in [2.24, 2.45) is 5.92 Å². The molecule has 1 aromatic rings. The molecule has 1 unspecified atom stereocenters. The first kappa shape index (κ1) is 17.2. The number of anilines is 1. The smallest absolute Gasteiger partial charge is 0.271 e. The van der Waals surface area contributed by atoms with Gasteiger partial charge in [-0.2, -0.15) is 0 Å². The van der Waals surface area contributed by atoms with Crippen LogP contribution in [0.5, 0.6) is 5.75 Å². The Hall–Kier alpha value is -2.19. The summed E-state index contributed by atoms with van der Waals surface area (Å²) in [5.41, 5.74) is 0.236. The van der Waals surface area contributed by atoms with E-state index in [9.17, 15) is 14.9 Å². The lowest BCUT2D eigenvalue weighted by atomic mass is 10.0. The maximum atomic E-state index is 12.7. The number of amides is 1. The summed E-state index contributed by atoms with van der Waals surface area (Å²) in [5.74, 6) is 0.115. The van der Waals surface area contributed by atoms with Crippen molar-refractivity contribution in [3.8, 4) is 5.75 Å². The number of fused-ring (bicyclic) bond motifs is 1. The molecular formula is C15H20N2O6. The summed E-state index contributed by atoms with van der Waals surface area (Å²) in [5, 5.41) is 11.0. The van der Waals surface area contributed by atoms with E-state index in [1.54, 1.807) is 0 Å². The number of hydrogen-bond donors (Lipinski definition) is 0. The molecule has 0 N–H and O–H groups in total. The minimum absolute atomic E-state index is 0.0446. The molecule has 0 radical (unpaired) electrons. The van der Waals surface area contributed by atoms with Crippen LogP contribution < -0.4 is 9.64 Å². The number of carbonyl (C=O) groups is 1. The average Bonchev–Trinajstić information content (AvgIpc) is 2.52. The van der Waals surface area contributed by atoms with Crippen LogP contribution in [0.2, 0.25) is 0 Å². The molecule has 0 spiro atoms. The highest BCUT2D eigenvalue weighted by atomic mass is 16.7. The molecular weight excluding hydrogens is 304 g/mol. The Morgan fingerprint density at radius 3 is 2.52 bits per heavy atom. The highest BCUT2D eigenvalue weighted by Crippen LogP contribution is 2.38. The van der Waals surface area contributed by atoms with Gasteiger partial charge >= 0.3 is 0 Å². The SMILES string of the molecule is COC(CN1C(=O)C(C(C)C)Oc2ccc([N+](=O)[O-])cc21)OC. The molecule has 0 bridgehead atoms. The maximum absolute atomic E-state index is 12.7. The van der Waals surface area contributed by atoms with Crippen LogP contribution in [0.25, 0.3) is 0 Å². The van der Waals surface area contributed by atoms with E-state index in [0.717, 1.165) is 0 Å². The normalized spacial score (nSPS) is 17.4. The Bertz CT molecular complexity index is 600. The van der Waals surface area contributed by atoms with Crippen molar-refractivity contribution < 1.29 is 23.9 Å². The summed E-state index contributed by atoms with van der Waals surface area (Å²) in [6, 6.07) is 4.19. The van der Waals surface area contributed by atoms with Crippen LogP contribution in [0, 0.1) is 16.0 Å². The van der Waals surface area contributed by atoms with Crippen molar-refractivity contribution in [1.29, 1.82) is 0 Å². The predicted octanol–water partition coefficient (Wildman–Crippen LogP) is 1.96. The van der Waals surface area contributed by atoms with E-state index in [1.165, 1.54) is 37.3 Å².